The molecular weight excluding hydrogens is 320 g/mol. The summed E-state index contributed by atoms with van der Waals surface area (Å²) in [6.45, 7) is 1.14. The first-order chi connectivity index (χ1) is 11.1. The zero-order chi connectivity index (χ0) is 16.3. The highest BCUT2D eigenvalue weighted by Crippen LogP contribution is 2.13. The number of ether oxygens (including phenoxy) is 1. The summed E-state index contributed by atoms with van der Waals surface area (Å²) in [6.07, 6.45) is 3.94. The second-order valence-electron chi connectivity index (χ2n) is 5.40. The van der Waals surface area contributed by atoms with E-state index in [9.17, 15) is 8.42 Å². The monoisotopic (exact) mass is 340 g/mol. The summed E-state index contributed by atoms with van der Waals surface area (Å²) in [6, 6.07) is 3.39. The van der Waals surface area contributed by atoms with Gasteiger partial charge in [0.15, 0.2) is 11.5 Å². The summed E-state index contributed by atoms with van der Waals surface area (Å²) < 4.78 is 35.4. The van der Waals surface area contributed by atoms with E-state index in [0.29, 0.717) is 30.4 Å². The lowest BCUT2D eigenvalue weighted by molar-refractivity contribution is 0.389. The minimum atomic E-state index is -3.52. The molecule has 0 bridgehead atoms. The Labute approximate surface area is 134 Å². The Hall–Kier alpha value is -1.78. The van der Waals surface area contributed by atoms with Crippen LogP contribution < -0.4 is 9.46 Å². The van der Waals surface area contributed by atoms with Crippen molar-refractivity contribution in [1.29, 1.82) is 0 Å². The molecule has 0 atom stereocenters. The quantitative estimate of drug-likeness (QED) is 0.842. The molecule has 0 amide bonds. The van der Waals surface area contributed by atoms with Gasteiger partial charge in [-0.1, -0.05) is 12.8 Å². The Morgan fingerprint density at radius 2 is 1.91 bits per heavy atom. The number of fused-ring (bicyclic) bond motifs is 1. The van der Waals surface area contributed by atoms with Gasteiger partial charge in [-0.2, -0.15) is 22.0 Å². The standard InChI is InChI=1S/C13H20N6O3S/c1-22-13-7-6-11-15-16-12(19(11)17-13)10-14-23(20,21)18-8-4-2-3-5-9-18/h6-7,14H,2-5,8-10H2,1H3. The van der Waals surface area contributed by atoms with Crippen molar-refractivity contribution in [3.8, 4) is 5.88 Å². The fraction of sp³-hybridized carbons (Fsp3) is 0.615. The van der Waals surface area contributed by atoms with Gasteiger partial charge in [-0.05, 0) is 18.9 Å². The van der Waals surface area contributed by atoms with E-state index in [2.05, 4.69) is 20.0 Å². The summed E-state index contributed by atoms with van der Waals surface area (Å²) in [5.41, 5.74) is 0.537. The van der Waals surface area contributed by atoms with Crippen LogP contribution in [0.3, 0.4) is 0 Å². The highest BCUT2D eigenvalue weighted by atomic mass is 32.2. The third-order valence-corrected chi connectivity index (χ3v) is 5.38. The van der Waals surface area contributed by atoms with Crippen LogP contribution in [0, 0.1) is 0 Å². The van der Waals surface area contributed by atoms with Crippen molar-refractivity contribution in [3.63, 3.8) is 0 Å². The normalized spacial score (nSPS) is 17.3. The van der Waals surface area contributed by atoms with Crippen LogP contribution >= 0.6 is 0 Å². The topological polar surface area (TPSA) is 102 Å². The Balaban J connectivity index is 1.74. The molecule has 0 aromatic carbocycles. The molecule has 1 N–H and O–H groups in total. The van der Waals surface area contributed by atoms with Gasteiger partial charge in [-0.25, -0.2) is 0 Å². The van der Waals surface area contributed by atoms with E-state index in [1.807, 2.05) is 0 Å². The van der Waals surface area contributed by atoms with Gasteiger partial charge in [0.2, 0.25) is 5.88 Å². The number of hydrogen-bond acceptors (Lipinski definition) is 6. The van der Waals surface area contributed by atoms with Gasteiger partial charge in [-0.15, -0.1) is 15.3 Å². The minimum absolute atomic E-state index is 0.0279. The van der Waals surface area contributed by atoms with Crippen LogP contribution in [0.2, 0.25) is 0 Å². The molecule has 10 heteroatoms. The van der Waals surface area contributed by atoms with Gasteiger partial charge in [0.25, 0.3) is 10.2 Å². The smallest absolute Gasteiger partial charge is 0.279 e. The van der Waals surface area contributed by atoms with E-state index < -0.39 is 10.2 Å². The summed E-state index contributed by atoms with van der Waals surface area (Å²) >= 11 is 0. The second kappa shape index (κ2) is 6.77. The molecule has 1 saturated heterocycles. The highest BCUT2D eigenvalue weighted by Gasteiger charge is 2.23. The molecule has 2 aromatic rings. The van der Waals surface area contributed by atoms with Gasteiger partial charge in [0, 0.05) is 19.2 Å². The molecule has 2 aromatic heterocycles. The molecule has 3 rings (SSSR count). The van der Waals surface area contributed by atoms with E-state index in [1.54, 1.807) is 12.1 Å². The number of aromatic nitrogens is 4. The van der Waals surface area contributed by atoms with Crippen molar-refractivity contribution < 1.29 is 13.2 Å². The number of rotatable bonds is 5. The summed E-state index contributed by atoms with van der Waals surface area (Å²) in [7, 11) is -2.01. The van der Waals surface area contributed by atoms with Crippen molar-refractivity contribution in [2.75, 3.05) is 20.2 Å². The minimum Gasteiger partial charge on any atom is -0.480 e. The first kappa shape index (κ1) is 16.1. The first-order valence-electron chi connectivity index (χ1n) is 7.60. The van der Waals surface area contributed by atoms with Crippen LogP contribution in [0.25, 0.3) is 5.65 Å². The maximum Gasteiger partial charge on any atom is 0.279 e. The van der Waals surface area contributed by atoms with Crippen LogP contribution in [-0.2, 0) is 16.8 Å². The molecule has 1 aliphatic rings. The van der Waals surface area contributed by atoms with Crippen molar-refractivity contribution in [3.05, 3.63) is 18.0 Å². The van der Waals surface area contributed by atoms with Crippen LogP contribution in [0.15, 0.2) is 12.1 Å². The predicted octanol–water partition coefficient (Wildman–Crippen LogP) is 0.343. The van der Waals surface area contributed by atoms with E-state index in [-0.39, 0.29) is 6.54 Å². The van der Waals surface area contributed by atoms with Gasteiger partial charge >= 0.3 is 0 Å². The van der Waals surface area contributed by atoms with Crippen LogP contribution in [0.4, 0.5) is 0 Å². The molecule has 0 spiro atoms. The lowest BCUT2D eigenvalue weighted by Crippen LogP contribution is -2.41. The van der Waals surface area contributed by atoms with Crippen molar-refractivity contribution in [2.24, 2.45) is 0 Å². The highest BCUT2D eigenvalue weighted by molar-refractivity contribution is 7.87. The van der Waals surface area contributed by atoms with Gasteiger partial charge in [0.05, 0.1) is 13.7 Å². The third kappa shape index (κ3) is 3.59. The Morgan fingerprint density at radius 3 is 2.61 bits per heavy atom. The van der Waals surface area contributed by atoms with Crippen molar-refractivity contribution in [1.82, 2.24) is 28.8 Å². The van der Waals surface area contributed by atoms with Gasteiger partial charge in [0.1, 0.15) is 0 Å². The zero-order valence-corrected chi connectivity index (χ0v) is 13.8. The Bertz CT molecular complexity index is 767. The molecule has 1 aliphatic heterocycles. The molecule has 23 heavy (non-hydrogen) atoms. The zero-order valence-electron chi connectivity index (χ0n) is 13.0. The molecule has 9 nitrogen and oxygen atoms in total. The molecule has 126 valence electrons. The lowest BCUT2D eigenvalue weighted by Gasteiger charge is -2.19. The third-order valence-electron chi connectivity index (χ3n) is 3.83. The lowest BCUT2D eigenvalue weighted by atomic mass is 10.2. The van der Waals surface area contributed by atoms with Crippen LogP contribution in [0.1, 0.15) is 31.5 Å². The maximum atomic E-state index is 12.4. The maximum absolute atomic E-state index is 12.4. The SMILES string of the molecule is COc1ccc2nnc(CNS(=O)(=O)N3CCCCCC3)n2n1. The second-order valence-corrected chi connectivity index (χ2v) is 7.16. The van der Waals surface area contributed by atoms with E-state index in [4.69, 9.17) is 4.74 Å². The molecule has 0 radical (unpaired) electrons. The first-order valence-corrected chi connectivity index (χ1v) is 9.04. The number of nitrogens with zero attached hydrogens (tertiary/aromatic N) is 5. The van der Waals surface area contributed by atoms with Crippen LogP contribution in [-0.4, -0.2) is 52.7 Å². The molecule has 0 unspecified atom stereocenters. The van der Waals surface area contributed by atoms with E-state index in [1.165, 1.54) is 15.9 Å². The van der Waals surface area contributed by atoms with E-state index >= 15 is 0 Å². The average Bonchev–Trinajstić information content (AvgIpc) is 2.75. The van der Waals surface area contributed by atoms with Crippen LogP contribution in [0.5, 0.6) is 5.88 Å². The Kier molecular flexibility index (Phi) is 4.74. The van der Waals surface area contributed by atoms with Gasteiger partial charge < -0.3 is 4.74 Å². The predicted molar refractivity (Wildman–Crippen MR) is 83.1 cm³/mol. The van der Waals surface area contributed by atoms with Gasteiger partial charge in [-0.3, -0.25) is 0 Å². The molecule has 1 fully saturated rings. The van der Waals surface area contributed by atoms with Crippen molar-refractivity contribution >= 4 is 15.9 Å². The summed E-state index contributed by atoms with van der Waals surface area (Å²) in [5, 5.41) is 12.2. The fourth-order valence-corrected chi connectivity index (χ4v) is 3.80. The molecular formula is C13H20N6O3S. The number of nitrogens with one attached hydrogen (secondary N) is 1. The Morgan fingerprint density at radius 1 is 1.17 bits per heavy atom. The molecule has 0 saturated carbocycles. The summed E-state index contributed by atoms with van der Waals surface area (Å²) in [5.74, 6) is 0.825. The molecule has 3 heterocycles. The average molecular weight is 340 g/mol. The largest absolute Gasteiger partial charge is 0.480 e. The van der Waals surface area contributed by atoms with E-state index in [0.717, 1.165) is 25.7 Å². The van der Waals surface area contributed by atoms with Crippen molar-refractivity contribution in [2.45, 2.75) is 32.2 Å². The summed E-state index contributed by atoms with van der Waals surface area (Å²) in [4.78, 5) is 0. The fourth-order valence-electron chi connectivity index (χ4n) is 2.56. The molecule has 0 aliphatic carbocycles. The number of hydrogen-bond donors (Lipinski definition) is 1. The number of methoxy groups -OCH3 is 1.